The van der Waals surface area contributed by atoms with Crippen molar-refractivity contribution in [1.82, 2.24) is 0 Å². The summed E-state index contributed by atoms with van der Waals surface area (Å²) in [6.07, 6.45) is 0. The Balaban J connectivity index is 1.80. The van der Waals surface area contributed by atoms with E-state index in [0.29, 0.717) is 5.56 Å². The molecule has 2 nitrogen and oxygen atoms in total. The Morgan fingerprint density at radius 2 is 1.48 bits per heavy atom. The van der Waals surface area contributed by atoms with Gasteiger partial charge < -0.3 is 4.90 Å². The zero-order valence-electron chi connectivity index (χ0n) is 12.4. The molecule has 0 N–H and O–H groups in total. The molecule has 1 aliphatic heterocycles. The predicted octanol–water partition coefficient (Wildman–Crippen LogP) is 5.36. The molecule has 4 rings (SSSR count). The lowest BCUT2D eigenvalue weighted by molar-refractivity contribution is 0.937. The van der Waals surface area contributed by atoms with Crippen LogP contribution in [0.25, 0.3) is 0 Å². The summed E-state index contributed by atoms with van der Waals surface area (Å²) in [7, 11) is 0. The molecule has 0 fully saturated rings. The lowest BCUT2D eigenvalue weighted by Crippen LogP contribution is -2.20. The van der Waals surface area contributed by atoms with Crippen LogP contribution in [-0.2, 0) is 6.54 Å². The molecule has 3 aromatic rings. The van der Waals surface area contributed by atoms with E-state index < -0.39 is 0 Å². The fourth-order valence-corrected chi connectivity index (χ4v) is 3.97. The number of anilines is 2. The number of nitrogens with zero attached hydrogens (tertiary/aromatic N) is 2. The summed E-state index contributed by atoms with van der Waals surface area (Å²) in [5.41, 5.74) is 4.29. The smallest absolute Gasteiger partial charge is 0.0991 e. The van der Waals surface area contributed by atoms with Crippen molar-refractivity contribution in [2.45, 2.75) is 16.3 Å². The Kier molecular flexibility index (Phi) is 3.53. The van der Waals surface area contributed by atoms with Gasteiger partial charge in [-0.25, -0.2) is 0 Å². The SMILES string of the molecule is N#Cc1cccc(CN2c3ccccc3Sc3ccccc32)c1. The van der Waals surface area contributed by atoms with Crippen LogP contribution in [0.1, 0.15) is 11.1 Å². The summed E-state index contributed by atoms with van der Waals surface area (Å²) < 4.78 is 0. The van der Waals surface area contributed by atoms with E-state index in [1.807, 2.05) is 30.0 Å². The molecule has 3 heteroatoms. The van der Waals surface area contributed by atoms with Crippen molar-refractivity contribution in [3.63, 3.8) is 0 Å². The second-order valence-electron chi connectivity index (χ2n) is 5.44. The van der Waals surface area contributed by atoms with Crippen LogP contribution in [-0.4, -0.2) is 0 Å². The van der Waals surface area contributed by atoms with Gasteiger partial charge in [-0.05, 0) is 42.0 Å². The van der Waals surface area contributed by atoms with Crippen molar-refractivity contribution in [3.8, 4) is 6.07 Å². The number of hydrogen-bond acceptors (Lipinski definition) is 3. The molecule has 1 heterocycles. The van der Waals surface area contributed by atoms with Crippen LogP contribution in [0.2, 0.25) is 0 Å². The molecule has 0 bridgehead atoms. The zero-order chi connectivity index (χ0) is 15.6. The topological polar surface area (TPSA) is 27.0 Å². The fourth-order valence-electron chi connectivity index (χ4n) is 2.87. The van der Waals surface area contributed by atoms with Crippen LogP contribution in [0.5, 0.6) is 0 Å². The third-order valence-corrected chi connectivity index (χ3v) is 5.06. The van der Waals surface area contributed by atoms with Crippen molar-refractivity contribution >= 4 is 23.1 Å². The first-order chi connectivity index (χ1) is 11.3. The van der Waals surface area contributed by atoms with Gasteiger partial charge in [0, 0.05) is 16.3 Å². The summed E-state index contributed by atoms with van der Waals surface area (Å²) in [5, 5.41) is 9.12. The minimum Gasteiger partial charge on any atom is -0.335 e. The zero-order valence-corrected chi connectivity index (χ0v) is 13.3. The molecule has 23 heavy (non-hydrogen) atoms. The predicted molar refractivity (Wildman–Crippen MR) is 94.0 cm³/mol. The molecule has 0 saturated carbocycles. The van der Waals surface area contributed by atoms with E-state index in [-0.39, 0.29) is 0 Å². The highest BCUT2D eigenvalue weighted by Crippen LogP contribution is 2.48. The highest BCUT2D eigenvalue weighted by Gasteiger charge is 2.22. The van der Waals surface area contributed by atoms with Gasteiger partial charge in [-0.1, -0.05) is 48.2 Å². The van der Waals surface area contributed by atoms with Gasteiger partial charge in [0.05, 0.1) is 23.0 Å². The van der Waals surface area contributed by atoms with Crippen LogP contribution in [0.15, 0.2) is 82.6 Å². The van der Waals surface area contributed by atoms with Crippen LogP contribution in [0, 0.1) is 11.3 Å². The molecular formula is C20H14N2S. The summed E-state index contributed by atoms with van der Waals surface area (Å²) in [5.74, 6) is 0. The molecule has 1 aliphatic rings. The second-order valence-corrected chi connectivity index (χ2v) is 6.52. The molecule has 0 amide bonds. The van der Waals surface area contributed by atoms with Gasteiger partial charge >= 0.3 is 0 Å². The number of fused-ring (bicyclic) bond motifs is 2. The molecule has 3 aromatic carbocycles. The quantitative estimate of drug-likeness (QED) is 0.637. The largest absolute Gasteiger partial charge is 0.335 e. The Morgan fingerprint density at radius 1 is 0.826 bits per heavy atom. The Hall–Kier alpha value is -2.70. The average Bonchev–Trinajstić information content (AvgIpc) is 2.61. The maximum Gasteiger partial charge on any atom is 0.0991 e. The molecule has 0 radical (unpaired) electrons. The van der Waals surface area contributed by atoms with Gasteiger partial charge in [0.2, 0.25) is 0 Å². The van der Waals surface area contributed by atoms with E-state index in [9.17, 15) is 0 Å². The lowest BCUT2D eigenvalue weighted by Gasteiger charge is -2.32. The highest BCUT2D eigenvalue weighted by molar-refractivity contribution is 7.99. The molecule has 0 aromatic heterocycles. The fraction of sp³-hybridized carbons (Fsp3) is 0.0500. The minimum atomic E-state index is 0.704. The summed E-state index contributed by atoms with van der Waals surface area (Å²) in [6.45, 7) is 0.754. The Bertz CT molecular complexity index is 866. The summed E-state index contributed by atoms with van der Waals surface area (Å²) in [6, 6.07) is 27.0. The van der Waals surface area contributed by atoms with E-state index in [4.69, 9.17) is 5.26 Å². The highest BCUT2D eigenvalue weighted by atomic mass is 32.2. The van der Waals surface area contributed by atoms with Gasteiger partial charge in [0.15, 0.2) is 0 Å². The van der Waals surface area contributed by atoms with Crippen molar-refractivity contribution in [2.75, 3.05) is 4.90 Å². The average molecular weight is 314 g/mol. The number of benzene rings is 3. The first-order valence-corrected chi connectivity index (χ1v) is 8.29. The van der Waals surface area contributed by atoms with E-state index >= 15 is 0 Å². The summed E-state index contributed by atoms with van der Waals surface area (Å²) in [4.78, 5) is 4.86. The van der Waals surface area contributed by atoms with Crippen molar-refractivity contribution < 1.29 is 0 Å². The molecule has 110 valence electrons. The monoisotopic (exact) mass is 314 g/mol. The van der Waals surface area contributed by atoms with Gasteiger partial charge in [-0.2, -0.15) is 5.26 Å². The van der Waals surface area contributed by atoms with Crippen LogP contribution >= 0.6 is 11.8 Å². The molecule has 0 saturated heterocycles. The Labute approximate surface area is 140 Å². The van der Waals surface area contributed by atoms with E-state index in [0.717, 1.165) is 12.1 Å². The number of hydrogen-bond donors (Lipinski definition) is 0. The van der Waals surface area contributed by atoms with Gasteiger partial charge in [0.1, 0.15) is 0 Å². The van der Waals surface area contributed by atoms with E-state index in [1.165, 1.54) is 21.2 Å². The Morgan fingerprint density at radius 3 is 2.13 bits per heavy atom. The minimum absolute atomic E-state index is 0.704. The van der Waals surface area contributed by atoms with Crippen LogP contribution in [0.3, 0.4) is 0 Å². The third-order valence-electron chi connectivity index (χ3n) is 3.93. The number of rotatable bonds is 2. The molecule has 0 spiro atoms. The lowest BCUT2D eigenvalue weighted by atomic mass is 10.1. The van der Waals surface area contributed by atoms with Crippen molar-refractivity contribution in [2.24, 2.45) is 0 Å². The normalized spacial score (nSPS) is 12.2. The van der Waals surface area contributed by atoms with Gasteiger partial charge in [-0.3, -0.25) is 0 Å². The number of nitriles is 1. The van der Waals surface area contributed by atoms with E-state index in [1.54, 1.807) is 0 Å². The number of para-hydroxylation sites is 2. The van der Waals surface area contributed by atoms with Crippen molar-refractivity contribution in [3.05, 3.63) is 83.9 Å². The van der Waals surface area contributed by atoms with Gasteiger partial charge in [0.25, 0.3) is 0 Å². The second kappa shape index (κ2) is 5.83. The third kappa shape index (κ3) is 2.58. The molecule has 0 atom stereocenters. The molecule has 0 aliphatic carbocycles. The summed E-state index contributed by atoms with van der Waals surface area (Å²) >= 11 is 1.81. The van der Waals surface area contributed by atoms with E-state index in [2.05, 4.69) is 65.6 Å². The maximum atomic E-state index is 9.12. The standard InChI is InChI=1S/C20H14N2S/c21-13-15-6-5-7-16(12-15)14-22-17-8-1-3-10-19(17)23-20-11-4-2-9-18(20)22/h1-12H,14H2. The molecule has 0 unspecified atom stereocenters. The van der Waals surface area contributed by atoms with Crippen molar-refractivity contribution in [1.29, 1.82) is 5.26 Å². The maximum absolute atomic E-state index is 9.12. The van der Waals surface area contributed by atoms with Crippen LogP contribution < -0.4 is 4.90 Å². The first-order valence-electron chi connectivity index (χ1n) is 7.47. The van der Waals surface area contributed by atoms with Gasteiger partial charge in [-0.15, -0.1) is 0 Å². The molecular weight excluding hydrogens is 300 g/mol. The first kappa shape index (κ1) is 13.9. The van der Waals surface area contributed by atoms with Crippen LogP contribution in [0.4, 0.5) is 11.4 Å².